The maximum Gasteiger partial charge on any atom is 0.432 e. The number of ether oxygens (including phenoxy) is 1. The van der Waals surface area contributed by atoms with Gasteiger partial charge in [-0.3, -0.25) is 9.59 Å². The van der Waals surface area contributed by atoms with Crippen molar-refractivity contribution in [2.75, 3.05) is 6.54 Å². The van der Waals surface area contributed by atoms with Gasteiger partial charge in [0.15, 0.2) is 10.1 Å². The van der Waals surface area contributed by atoms with Gasteiger partial charge in [0, 0.05) is 16.5 Å². The summed E-state index contributed by atoms with van der Waals surface area (Å²) in [5.41, 5.74) is -0.105. The molecule has 170 valence electrons. The van der Waals surface area contributed by atoms with Gasteiger partial charge >= 0.3 is 17.4 Å². The van der Waals surface area contributed by atoms with E-state index in [-0.39, 0.29) is 24.3 Å². The van der Waals surface area contributed by atoms with Crippen molar-refractivity contribution in [3.63, 3.8) is 0 Å². The number of carbonyl (C=O) groups is 2. The number of carbonyl (C=O) groups excluding carboxylic acids is 2. The maximum absolute atomic E-state index is 13.3. The van der Waals surface area contributed by atoms with Crippen molar-refractivity contribution in [1.29, 1.82) is 0 Å². The van der Waals surface area contributed by atoms with E-state index in [1.807, 2.05) is 22.6 Å². The van der Waals surface area contributed by atoms with Gasteiger partial charge in [-0.05, 0) is 63.7 Å². The zero-order valence-corrected chi connectivity index (χ0v) is 19.4. The number of hydrogen-bond acceptors (Lipinski definition) is 7. The molecule has 1 atom stereocenters. The number of alkyl halides is 5. The minimum absolute atomic E-state index is 0.105. The molecule has 1 unspecified atom stereocenters. The van der Waals surface area contributed by atoms with Crippen LogP contribution in [0.5, 0.6) is 5.75 Å². The van der Waals surface area contributed by atoms with E-state index in [2.05, 4.69) is 10.1 Å². The van der Waals surface area contributed by atoms with Crippen LogP contribution in [0.3, 0.4) is 0 Å². The second-order valence-electron chi connectivity index (χ2n) is 5.57. The van der Waals surface area contributed by atoms with Gasteiger partial charge in [0.2, 0.25) is 0 Å². The minimum Gasteiger partial charge on any atom is -0.743 e. The molecule has 0 bridgehead atoms. The average molecular weight is 686 g/mol. The number of phenols is 1. The summed E-state index contributed by atoms with van der Waals surface area (Å²) < 4.78 is 100. The Morgan fingerprint density at radius 1 is 1.20 bits per heavy atom. The fourth-order valence-electron chi connectivity index (χ4n) is 1.92. The van der Waals surface area contributed by atoms with Crippen molar-refractivity contribution in [3.8, 4) is 5.75 Å². The molecule has 0 aliphatic carbocycles. The lowest BCUT2D eigenvalue weighted by molar-refractivity contribution is -0.259. The van der Waals surface area contributed by atoms with Crippen LogP contribution in [0.1, 0.15) is 23.2 Å². The highest BCUT2D eigenvalue weighted by Crippen LogP contribution is 2.38. The minimum atomic E-state index is -6.77. The van der Waals surface area contributed by atoms with Crippen molar-refractivity contribution in [2.24, 2.45) is 0 Å². The highest BCUT2D eigenvalue weighted by molar-refractivity contribution is 14.1. The monoisotopic (exact) mass is 686 g/mol. The van der Waals surface area contributed by atoms with E-state index in [4.69, 9.17) is 0 Å². The normalized spacial score (nSPS) is 13.6. The third-order valence-corrected chi connectivity index (χ3v) is 5.63. The molecular formula is C14H11F5I2NO7S-. The summed E-state index contributed by atoms with van der Waals surface area (Å²) in [7, 11) is -6.77. The van der Waals surface area contributed by atoms with Crippen LogP contribution in [0.15, 0.2) is 12.1 Å². The number of halogens is 7. The zero-order chi connectivity index (χ0) is 23.5. The summed E-state index contributed by atoms with van der Waals surface area (Å²) >= 11 is 3.67. The third-order valence-electron chi connectivity index (χ3n) is 3.30. The molecule has 0 fully saturated rings. The Hall–Kier alpha value is -1.02. The Morgan fingerprint density at radius 2 is 1.77 bits per heavy atom. The maximum atomic E-state index is 13.3. The van der Waals surface area contributed by atoms with E-state index >= 15 is 0 Å². The Kier molecular flexibility index (Phi) is 9.07. The quantitative estimate of drug-likeness (QED) is 0.141. The lowest BCUT2D eigenvalue weighted by Gasteiger charge is -2.29. The SMILES string of the molecule is O=C(CCCNC(=O)c1cc(I)cc(I)c1O)OC(C(F)(F)F)C(F)(F)S(=O)(=O)[O-]. The molecule has 0 saturated heterocycles. The first-order valence-corrected chi connectivity index (χ1v) is 11.1. The summed E-state index contributed by atoms with van der Waals surface area (Å²) in [5, 5.41) is 6.19. The zero-order valence-electron chi connectivity index (χ0n) is 14.3. The van der Waals surface area contributed by atoms with E-state index < -0.39 is 46.0 Å². The third kappa shape index (κ3) is 7.01. The van der Waals surface area contributed by atoms with Gasteiger partial charge in [0.1, 0.15) is 5.75 Å². The Morgan fingerprint density at radius 3 is 2.27 bits per heavy atom. The Labute approximate surface area is 193 Å². The van der Waals surface area contributed by atoms with Crippen molar-refractivity contribution < 1.29 is 54.4 Å². The van der Waals surface area contributed by atoms with Crippen LogP contribution in [-0.4, -0.2) is 54.0 Å². The van der Waals surface area contributed by atoms with E-state index in [0.29, 0.717) is 7.14 Å². The largest absolute Gasteiger partial charge is 0.743 e. The van der Waals surface area contributed by atoms with Crippen LogP contribution in [0.25, 0.3) is 0 Å². The summed E-state index contributed by atoms with van der Waals surface area (Å²) in [6, 6.07) is 2.93. The molecule has 1 amide bonds. The number of amides is 1. The Bertz CT molecular complexity index is 924. The fraction of sp³-hybridized carbons (Fsp3) is 0.429. The molecule has 1 rings (SSSR count). The molecule has 0 heterocycles. The van der Waals surface area contributed by atoms with E-state index in [1.54, 1.807) is 28.7 Å². The molecule has 30 heavy (non-hydrogen) atoms. The van der Waals surface area contributed by atoms with Gasteiger partial charge in [0.25, 0.3) is 12.0 Å². The molecule has 1 aromatic rings. The molecule has 0 aromatic heterocycles. The molecule has 0 aliphatic heterocycles. The van der Waals surface area contributed by atoms with Crippen molar-refractivity contribution >= 4 is 67.2 Å². The van der Waals surface area contributed by atoms with E-state index in [9.17, 15) is 49.6 Å². The molecule has 8 nitrogen and oxygen atoms in total. The van der Waals surface area contributed by atoms with Crippen LogP contribution in [0.2, 0.25) is 0 Å². The molecule has 0 saturated carbocycles. The second kappa shape index (κ2) is 10.1. The fourth-order valence-corrected chi connectivity index (χ4v) is 4.21. The van der Waals surface area contributed by atoms with Gasteiger partial charge in [-0.2, -0.15) is 22.0 Å². The average Bonchev–Trinajstić information content (AvgIpc) is 2.57. The van der Waals surface area contributed by atoms with Crippen LogP contribution >= 0.6 is 45.2 Å². The number of nitrogens with one attached hydrogen (secondary N) is 1. The first-order chi connectivity index (χ1) is 13.5. The first-order valence-electron chi connectivity index (χ1n) is 7.54. The number of benzene rings is 1. The van der Waals surface area contributed by atoms with Crippen LogP contribution in [0.4, 0.5) is 22.0 Å². The molecule has 2 N–H and O–H groups in total. The molecule has 0 radical (unpaired) electrons. The van der Waals surface area contributed by atoms with E-state index in [1.165, 1.54) is 6.07 Å². The first kappa shape index (κ1) is 27.0. The highest BCUT2D eigenvalue weighted by atomic mass is 127. The lowest BCUT2D eigenvalue weighted by Crippen LogP contribution is -2.52. The van der Waals surface area contributed by atoms with Crippen molar-refractivity contribution in [3.05, 3.63) is 24.8 Å². The topological polar surface area (TPSA) is 133 Å². The van der Waals surface area contributed by atoms with E-state index in [0.717, 1.165) is 0 Å². The smallest absolute Gasteiger partial charge is 0.432 e. The predicted octanol–water partition coefficient (Wildman–Crippen LogP) is 2.72. The molecular weight excluding hydrogens is 675 g/mol. The molecule has 0 aliphatic rings. The standard InChI is InChI=1S/C14H12F5I2NO7S/c15-13(16,17)12(14(18,19)30(26,27)28)29-9(23)2-1-3-22-11(25)7-4-6(20)5-8(21)10(7)24/h4-5,12,24H,1-3H2,(H,22,25)(H,26,27,28)/p-1. The number of esters is 1. The number of phenolic OH excluding ortho intramolecular Hbond substituents is 1. The van der Waals surface area contributed by atoms with Gasteiger partial charge < -0.3 is 19.7 Å². The number of hydrogen-bond donors (Lipinski definition) is 2. The number of rotatable bonds is 8. The van der Waals surface area contributed by atoms with Gasteiger partial charge in [-0.1, -0.05) is 0 Å². The van der Waals surface area contributed by atoms with Crippen molar-refractivity contribution in [1.82, 2.24) is 5.32 Å². The lowest BCUT2D eigenvalue weighted by atomic mass is 10.2. The summed E-state index contributed by atoms with van der Waals surface area (Å²) in [6.45, 7) is -0.317. The van der Waals surface area contributed by atoms with Crippen molar-refractivity contribution in [2.45, 2.75) is 30.4 Å². The van der Waals surface area contributed by atoms with Crippen LogP contribution in [-0.2, 0) is 19.6 Å². The molecule has 16 heteroatoms. The van der Waals surface area contributed by atoms with Crippen LogP contribution < -0.4 is 5.32 Å². The van der Waals surface area contributed by atoms with Gasteiger partial charge in [0.05, 0.1) is 9.13 Å². The summed E-state index contributed by atoms with van der Waals surface area (Å²) in [5.74, 6) is -2.95. The highest BCUT2D eigenvalue weighted by Gasteiger charge is 2.62. The van der Waals surface area contributed by atoms with Gasteiger partial charge in [-0.25, -0.2) is 8.42 Å². The molecule has 1 aromatic carbocycles. The van der Waals surface area contributed by atoms with Crippen LogP contribution in [0, 0.1) is 7.14 Å². The van der Waals surface area contributed by atoms with Gasteiger partial charge in [-0.15, -0.1) is 0 Å². The molecule has 0 spiro atoms. The summed E-state index contributed by atoms with van der Waals surface area (Å²) in [6.07, 6.45) is -11.8. The summed E-state index contributed by atoms with van der Waals surface area (Å²) in [4.78, 5) is 23.4. The number of aromatic hydroxyl groups is 1. The second-order valence-corrected chi connectivity index (χ2v) is 9.43. The predicted molar refractivity (Wildman–Crippen MR) is 106 cm³/mol. The Balaban J connectivity index is 2.69.